The Morgan fingerprint density at radius 1 is 0.967 bits per heavy atom. The molecule has 0 unspecified atom stereocenters. The lowest BCUT2D eigenvalue weighted by Crippen LogP contribution is -2.15. The molecule has 30 heavy (non-hydrogen) atoms. The number of aromatic nitrogens is 2. The van der Waals surface area contributed by atoms with Gasteiger partial charge < -0.3 is 23.7 Å². The minimum absolute atomic E-state index is 0.0506. The van der Waals surface area contributed by atoms with Crippen LogP contribution >= 0.6 is 0 Å². The topological polar surface area (TPSA) is 98.1 Å². The van der Waals surface area contributed by atoms with E-state index in [2.05, 4.69) is 5.10 Å². The van der Waals surface area contributed by atoms with Gasteiger partial charge in [-0.3, -0.25) is 0 Å². The molecule has 0 spiro atoms. The molecule has 0 aliphatic carbocycles. The van der Waals surface area contributed by atoms with Gasteiger partial charge in [-0.05, 0) is 18.2 Å². The van der Waals surface area contributed by atoms with Crippen molar-refractivity contribution in [3.05, 3.63) is 53.7 Å². The van der Waals surface area contributed by atoms with E-state index in [0.717, 1.165) is 0 Å². The molecule has 0 amide bonds. The van der Waals surface area contributed by atoms with E-state index in [9.17, 15) is 9.59 Å². The van der Waals surface area contributed by atoms with Crippen molar-refractivity contribution < 1.29 is 33.3 Å². The maximum absolute atomic E-state index is 12.7. The molecule has 1 aliphatic heterocycles. The monoisotopic (exact) mass is 410 g/mol. The molecule has 0 fully saturated rings. The molecule has 0 saturated carbocycles. The van der Waals surface area contributed by atoms with E-state index in [1.54, 1.807) is 36.4 Å². The molecule has 0 radical (unpaired) electrons. The SMILES string of the molecule is COC(=O)c1c(-c2cc3c(cc2OC)OCO3)nn(-c2ccccc2)c1C(=O)OC. The third-order valence-corrected chi connectivity index (χ3v) is 4.60. The largest absolute Gasteiger partial charge is 0.496 e. The highest BCUT2D eigenvalue weighted by Gasteiger charge is 2.33. The zero-order valence-corrected chi connectivity index (χ0v) is 16.5. The predicted molar refractivity (Wildman–Crippen MR) is 104 cm³/mol. The normalized spacial score (nSPS) is 11.8. The molecule has 0 saturated heterocycles. The highest BCUT2D eigenvalue weighted by Crippen LogP contribution is 2.43. The minimum atomic E-state index is -0.743. The number of carbonyl (C=O) groups is 2. The van der Waals surface area contributed by atoms with Gasteiger partial charge in [-0.2, -0.15) is 5.10 Å². The van der Waals surface area contributed by atoms with Crippen molar-refractivity contribution in [2.24, 2.45) is 0 Å². The van der Waals surface area contributed by atoms with E-state index in [1.165, 1.54) is 26.0 Å². The summed E-state index contributed by atoms with van der Waals surface area (Å²) in [6.45, 7) is 0.0671. The maximum Gasteiger partial charge on any atom is 0.357 e. The van der Waals surface area contributed by atoms with Crippen LogP contribution in [0, 0.1) is 0 Å². The van der Waals surface area contributed by atoms with E-state index in [4.69, 9.17) is 23.7 Å². The van der Waals surface area contributed by atoms with Gasteiger partial charge in [-0.15, -0.1) is 0 Å². The van der Waals surface area contributed by atoms with Gasteiger partial charge in [0.25, 0.3) is 0 Å². The summed E-state index contributed by atoms with van der Waals surface area (Å²) in [6.07, 6.45) is 0. The summed E-state index contributed by atoms with van der Waals surface area (Å²) >= 11 is 0. The van der Waals surface area contributed by atoms with Crippen LogP contribution < -0.4 is 14.2 Å². The van der Waals surface area contributed by atoms with Crippen molar-refractivity contribution in [2.75, 3.05) is 28.1 Å². The molecule has 9 heteroatoms. The number of hydrogen-bond donors (Lipinski definition) is 0. The van der Waals surface area contributed by atoms with Crippen molar-refractivity contribution in [2.45, 2.75) is 0 Å². The molecule has 9 nitrogen and oxygen atoms in total. The van der Waals surface area contributed by atoms with Crippen molar-refractivity contribution >= 4 is 11.9 Å². The Labute approximate surface area is 171 Å². The van der Waals surface area contributed by atoms with Crippen molar-refractivity contribution in [1.29, 1.82) is 0 Å². The van der Waals surface area contributed by atoms with Gasteiger partial charge in [-0.1, -0.05) is 18.2 Å². The van der Waals surface area contributed by atoms with Crippen LogP contribution in [0.5, 0.6) is 17.2 Å². The number of methoxy groups -OCH3 is 3. The van der Waals surface area contributed by atoms with Crippen molar-refractivity contribution in [3.63, 3.8) is 0 Å². The Balaban J connectivity index is 2.05. The number of benzene rings is 2. The van der Waals surface area contributed by atoms with Crippen LogP contribution in [-0.2, 0) is 9.47 Å². The van der Waals surface area contributed by atoms with Crippen LogP contribution in [0.2, 0.25) is 0 Å². The average Bonchev–Trinajstić information content (AvgIpc) is 3.41. The lowest BCUT2D eigenvalue weighted by atomic mass is 10.0. The van der Waals surface area contributed by atoms with Gasteiger partial charge in [0.05, 0.1) is 27.0 Å². The van der Waals surface area contributed by atoms with E-state index in [-0.39, 0.29) is 23.7 Å². The smallest absolute Gasteiger partial charge is 0.357 e. The summed E-state index contributed by atoms with van der Waals surface area (Å²) in [5.41, 5.74) is 1.06. The van der Waals surface area contributed by atoms with Gasteiger partial charge in [0.15, 0.2) is 17.2 Å². The third kappa shape index (κ3) is 3.10. The highest BCUT2D eigenvalue weighted by molar-refractivity contribution is 6.07. The zero-order chi connectivity index (χ0) is 21.3. The highest BCUT2D eigenvalue weighted by atomic mass is 16.7. The fourth-order valence-electron chi connectivity index (χ4n) is 3.22. The number of para-hydroxylation sites is 1. The summed E-state index contributed by atoms with van der Waals surface area (Å²) in [5, 5.41) is 4.56. The summed E-state index contributed by atoms with van der Waals surface area (Å²) in [4.78, 5) is 25.4. The lowest BCUT2D eigenvalue weighted by Gasteiger charge is -2.09. The summed E-state index contributed by atoms with van der Waals surface area (Å²) in [7, 11) is 3.94. The zero-order valence-electron chi connectivity index (χ0n) is 16.5. The Kier molecular flexibility index (Phi) is 5.01. The first-order chi connectivity index (χ1) is 14.6. The van der Waals surface area contributed by atoms with E-state index in [1.807, 2.05) is 6.07 Å². The Morgan fingerprint density at radius 2 is 1.63 bits per heavy atom. The molecule has 2 aromatic carbocycles. The number of rotatable bonds is 5. The summed E-state index contributed by atoms with van der Waals surface area (Å²) < 4.78 is 27.6. The fourth-order valence-corrected chi connectivity index (χ4v) is 3.22. The number of nitrogens with zero attached hydrogens (tertiary/aromatic N) is 2. The molecule has 1 aromatic heterocycles. The van der Waals surface area contributed by atoms with Gasteiger partial charge in [0.1, 0.15) is 17.0 Å². The average molecular weight is 410 g/mol. The lowest BCUT2D eigenvalue weighted by molar-refractivity contribution is 0.0549. The van der Waals surface area contributed by atoms with Crippen LogP contribution in [0.4, 0.5) is 0 Å². The number of hydrogen-bond acceptors (Lipinski definition) is 8. The second kappa shape index (κ2) is 7.78. The van der Waals surface area contributed by atoms with Crippen molar-refractivity contribution in [3.8, 4) is 34.2 Å². The standard InChI is InChI=1S/C21H18N2O7/c1-26-14-10-16-15(29-11-30-16)9-13(14)18-17(20(24)27-2)19(21(25)28-3)23(22-18)12-7-5-4-6-8-12/h4-10H,11H2,1-3H3. The Bertz CT molecular complexity index is 1120. The molecule has 154 valence electrons. The van der Waals surface area contributed by atoms with Crippen LogP contribution in [0.25, 0.3) is 16.9 Å². The molecule has 2 heterocycles. The maximum atomic E-state index is 12.7. The van der Waals surface area contributed by atoms with Crippen molar-refractivity contribution in [1.82, 2.24) is 9.78 Å². The number of ether oxygens (including phenoxy) is 5. The van der Waals surface area contributed by atoms with Crippen LogP contribution in [0.1, 0.15) is 20.8 Å². The van der Waals surface area contributed by atoms with E-state index < -0.39 is 11.9 Å². The fraction of sp³-hybridized carbons (Fsp3) is 0.190. The Hall–Kier alpha value is -4.01. The second-order valence-electron chi connectivity index (χ2n) is 6.21. The van der Waals surface area contributed by atoms with Gasteiger partial charge in [0.2, 0.25) is 6.79 Å². The quantitative estimate of drug-likeness (QED) is 0.592. The first-order valence-corrected chi connectivity index (χ1v) is 8.92. The molecule has 3 aromatic rings. The second-order valence-corrected chi connectivity index (χ2v) is 6.21. The molecule has 1 aliphatic rings. The summed E-state index contributed by atoms with van der Waals surface area (Å²) in [6, 6.07) is 12.2. The third-order valence-electron chi connectivity index (χ3n) is 4.60. The van der Waals surface area contributed by atoms with Gasteiger partial charge in [-0.25, -0.2) is 14.3 Å². The summed E-state index contributed by atoms with van der Waals surface area (Å²) in [5.74, 6) is -0.120. The molecule has 0 atom stereocenters. The number of carbonyl (C=O) groups excluding carboxylic acids is 2. The van der Waals surface area contributed by atoms with Crippen LogP contribution in [0.3, 0.4) is 0 Å². The van der Waals surface area contributed by atoms with E-state index in [0.29, 0.717) is 28.5 Å². The first kappa shape index (κ1) is 19.3. The predicted octanol–water partition coefficient (Wildman–Crippen LogP) is 2.85. The molecule has 0 N–H and O–H groups in total. The first-order valence-electron chi connectivity index (χ1n) is 8.92. The Morgan fingerprint density at radius 3 is 2.27 bits per heavy atom. The molecule has 4 rings (SSSR count). The number of esters is 2. The van der Waals surface area contributed by atoms with Gasteiger partial charge in [0, 0.05) is 11.6 Å². The minimum Gasteiger partial charge on any atom is -0.496 e. The molecular formula is C21H18N2O7. The van der Waals surface area contributed by atoms with E-state index >= 15 is 0 Å². The number of fused-ring (bicyclic) bond motifs is 1. The van der Waals surface area contributed by atoms with Crippen LogP contribution in [0.15, 0.2) is 42.5 Å². The van der Waals surface area contributed by atoms with Crippen LogP contribution in [-0.4, -0.2) is 49.8 Å². The molecule has 0 bridgehead atoms. The van der Waals surface area contributed by atoms with Gasteiger partial charge >= 0.3 is 11.9 Å². The molecular weight excluding hydrogens is 392 g/mol.